The van der Waals surface area contributed by atoms with Crippen LogP contribution in [0.3, 0.4) is 0 Å². The van der Waals surface area contributed by atoms with Gasteiger partial charge in [0.15, 0.2) is 0 Å². The van der Waals surface area contributed by atoms with E-state index in [1.165, 1.54) is 40.2 Å². The molecule has 1 aromatic carbocycles. The third-order valence-electron chi connectivity index (χ3n) is 6.79. The molecule has 33 heavy (non-hydrogen) atoms. The van der Waals surface area contributed by atoms with E-state index in [2.05, 4.69) is 17.1 Å². The van der Waals surface area contributed by atoms with Crippen LogP contribution in [0.4, 0.5) is 5.69 Å². The molecule has 8 nitrogen and oxygen atoms in total. The van der Waals surface area contributed by atoms with Gasteiger partial charge in [0.05, 0.1) is 16.3 Å². The van der Waals surface area contributed by atoms with E-state index in [-0.39, 0.29) is 29.0 Å². The molecule has 3 aliphatic heterocycles. The Hall–Kier alpha value is -1.62. The number of piperidine rings is 2. The van der Waals surface area contributed by atoms with E-state index in [1.54, 1.807) is 18.2 Å². The number of fused-ring (bicyclic) bond motifs is 1. The molecule has 0 spiro atoms. The molecular formula is C23H34N4O4S2. The summed E-state index contributed by atoms with van der Waals surface area (Å²) in [6.07, 6.45) is 6.40. The van der Waals surface area contributed by atoms with Crippen LogP contribution in [-0.4, -0.2) is 80.5 Å². The molecule has 2 saturated heterocycles. The van der Waals surface area contributed by atoms with Crippen LogP contribution in [0.25, 0.3) is 0 Å². The van der Waals surface area contributed by atoms with Gasteiger partial charge in [-0.25, -0.2) is 8.42 Å². The zero-order chi connectivity index (χ0) is 23.4. The van der Waals surface area contributed by atoms with Crippen molar-refractivity contribution < 1.29 is 18.0 Å². The third-order valence-corrected chi connectivity index (χ3v) is 9.73. The van der Waals surface area contributed by atoms with Crippen molar-refractivity contribution in [2.45, 2.75) is 61.3 Å². The summed E-state index contributed by atoms with van der Waals surface area (Å²) in [7, 11) is -3.62. The normalized spacial score (nSPS) is 22.8. The largest absolute Gasteiger partial charge is 0.353 e. The molecule has 2 amide bonds. The topological polar surface area (TPSA) is 90.0 Å². The number of anilines is 1. The number of thioether (sulfide) groups is 1. The minimum absolute atomic E-state index is 0.102. The molecule has 4 rings (SSSR count). The summed E-state index contributed by atoms with van der Waals surface area (Å²) in [5.74, 6) is -0.168. The number of likely N-dealkylation sites (tertiary alicyclic amines) is 1. The summed E-state index contributed by atoms with van der Waals surface area (Å²) < 4.78 is 27.8. The Morgan fingerprint density at radius 3 is 2.64 bits per heavy atom. The zero-order valence-electron chi connectivity index (χ0n) is 19.3. The fraction of sp³-hybridized carbons (Fsp3) is 0.652. The Balaban J connectivity index is 1.43. The van der Waals surface area contributed by atoms with E-state index in [4.69, 9.17) is 0 Å². The summed E-state index contributed by atoms with van der Waals surface area (Å²) in [5.41, 5.74) is 0.508. The Labute approximate surface area is 201 Å². The fourth-order valence-electron chi connectivity index (χ4n) is 4.80. The van der Waals surface area contributed by atoms with Gasteiger partial charge >= 0.3 is 0 Å². The van der Waals surface area contributed by atoms with Gasteiger partial charge in [0.1, 0.15) is 6.54 Å². The Morgan fingerprint density at radius 1 is 1.12 bits per heavy atom. The highest BCUT2D eigenvalue weighted by Gasteiger charge is 2.31. The van der Waals surface area contributed by atoms with Crippen molar-refractivity contribution >= 4 is 39.3 Å². The standard InChI is InChI=1S/C23H34N4O4S2/c1-18-7-3-6-11-25(18)14-10-24-22(28)16-27-20-15-19(8-9-21(20)32-17-23(27)29)33(30,31)26-12-4-2-5-13-26/h8-9,15,18H,2-7,10-14,16-17H2,1H3,(H,24,28). The average Bonchev–Trinajstić information content (AvgIpc) is 2.82. The highest BCUT2D eigenvalue weighted by atomic mass is 32.2. The van der Waals surface area contributed by atoms with Gasteiger partial charge in [0, 0.05) is 37.1 Å². The molecule has 2 fully saturated rings. The van der Waals surface area contributed by atoms with E-state index < -0.39 is 10.0 Å². The molecule has 3 heterocycles. The molecule has 0 bridgehead atoms. The smallest absolute Gasteiger partial charge is 0.243 e. The Morgan fingerprint density at radius 2 is 1.88 bits per heavy atom. The Kier molecular flexibility index (Phi) is 7.99. The number of carbonyl (C=O) groups is 2. The average molecular weight is 495 g/mol. The number of nitrogens with zero attached hydrogens (tertiary/aromatic N) is 3. The van der Waals surface area contributed by atoms with Crippen molar-refractivity contribution in [2.75, 3.05) is 49.9 Å². The van der Waals surface area contributed by atoms with E-state index >= 15 is 0 Å². The lowest BCUT2D eigenvalue weighted by Gasteiger charge is -2.33. The van der Waals surface area contributed by atoms with Crippen molar-refractivity contribution in [1.82, 2.24) is 14.5 Å². The molecule has 1 atom stereocenters. The first kappa shape index (κ1) is 24.5. The van der Waals surface area contributed by atoms with E-state index in [0.717, 1.165) is 37.2 Å². The molecular weight excluding hydrogens is 460 g/mol. The number of amides is 2. The van der Waals surface area contributed by atoms with Gasteiger partial charge < -0.3 is 10.2 Å². The van der Waals surface area contributed by atoms with Gasteiger partial charge in [0.25, 0.3) is 0 Å². The molecule has 182 valence electrons. The molecule has 0 aromatic heterocycles. The molecule has 0 radical (unpaired) electrons. The van der Waals surface area contributed by atoms with Gasteiger partial charge in [0.2, 0.25) is 21.8 Å². The van der Waals surface area contributed by atoms with Gasteiger partial charge in [-0.3, -0.25) is 14.5 Å². The maximum Gasteiger partial charge on any atom is 0.243 e. The van der Waals surface area contributed by atoms with Gasteiger partial charge in [-0.1, -0.05) is 12.8 Å². The van der Waals surface area contributed by atoms with E-state index in [1.807, 2.05) is 0 Å². The second-order valence-corrected chi connectivity index (χ2v) is 12.0. The summed E-state index contributed by atoms with van der Waals surface area (Å²) in [6.45, 7) is 5.55. The fourth-order valence-corrected chi connectivity index (χ4v) is 7.25. The predicted octanol–water partition coefficient (Wildman–Crippen LogP) is 2.29. The van der Waals surface area contributed by atoms with Crippen LogP contribution in [0.15, 0.2) is 28.0 Å². The molecule has 0 saturated carbocycles. The van der Waals surface area contributed by atoms with Crippen LogP contribution in [0, 0.1) is 0 Å². The maximum absolute atomic E-state index is 13.1. The second kappa shape index (κ2) is 10.8. The van der Waals surface area contributed by atoms with Crippen LogP contribution in [0.5, 0.6) is 0 Å². The number of sulfonamides is 1. The number of rotatable bonds is 7. The molecule has 10 heteroatoms. The van der Waals surface area contributed by atoms with Crippen LogP contribution in [0.2, 0.25) is 0 Å². The van der Waals surface area contributed by atoms with Gasteiger partial charge in [-0.15, -0.1) is 11.8 Å². The summed E-state index contributed by atoms with van der Waals surface area (Å²) in [4.78, 5) is 30.2. The van der Waals surface area contributed by atoms with Crippen molar-refractivity contribution in [1.29, 1.82) is 0 Å². The van der Waals surface area contributed by atoms with Crippen LogP contribution in [0.1, 0.15) is 45.4 Å². The lowest BCUT2D eigenvalue weighted by Crippen LogP contribution is -2.46. The van der Waals surface area contributed by atoms with Crippen LogP contribution < -0.4 is 10.2 Å². The number of hydrogen-bond donors (Lipinski definition) is 1. The number of benzene rings is 1. The van der Waals surface area contributed by atoms with E-state index in [9.17, 15) is 18.0 Å². The summed E-state index contributed by atoms with van der Waals surface area (Å²) >= 11 is 1.38. The van der Waals surface area contributed by atoms with Crippen molar-refractivity contribution in [3.05, 3.63) is 18.2 Å². The number of carbonyl (C=O) groups excluding carboxylic acids is 2. The lowest BCUT2D eigenvalue weighted by molar-refractivity contribution is -0.123. The minimum Gasteiger partial charge on any atom is -0.353 e. The molecule has 1 aromatic rings. The van der Waals surface area contributed by atoms with Crippen molar-refractivity contribution in [2.24, 2.45) is 0 Å². The number of hydrogen-bond acceptors (Lipinski definition) is 6. The zero-order valence-corrected chi connectivity index (χ0v) is 20.9. The lowest BCUT2D eigenvalue weighted by atomic mass is 10.0. The predicted molar refractivity (Wildman–Crippen MR) is 130 cm³/mol. The van der Waals surface area contributed by atoms with Gasteiger partial charge in [-0.05, 0) is 57.4 Å². The molecule has 1 N–H and O–H groups in total. The Bertz CT molecular complexity index is 979. The first-order valence-electron chi connectivity index (χ1n) is 11.9. The molecule has 0 aliphatic carbocycles. The molecule has 1 unspecified atom stereocenters. The minimum atomic E-state index is -3.62. The highest BCUT2D eigenvalue weighted by Crippen LogP contribution is 2.37. The van der Waals surface area contributed by atoms with Crippen molar-refractivity contribution in [3.8, 4) is 0 Å². The monoisotopic (exact) mass is 494 g/mol. The highest BCUT2D eigenvalue weighted by molar-refractivity contribution is 8.00. The molecule has 3 aliphatic rings. The van der Waals surface area contributed by atoms with Crippen LogP contribution >= 0.6 is 11.8 Å². The second-order valence-electron chi connectivity index (χ2n) is 9.09. The SMILES string of the molecule is CC1CCCCN1CCNC(=O)CN1C(=O)CSc2ccc(S(=O)(=O)N3CCCCC3)cc21. The van der Waals surface area contributed by atoms with E-state index in [0.29, 0.717) is 31.4 Å². The first-order valence-corrected chi connectivity index (χ1v) is 14.4. The maximum atomic E-state index is 13.1. The third kappa shape index (κ3) is 5.72. The number of nitrogens with one attached hydrogen (secondary N) is 1. The quantitative estimate of drug-likeness (QED) is 0.626. The first-order chi connectivity index (χ1) is 15.9. The van der Waals surface area contributed by atoms with Gasteiger partial charge in [-0.2, -0.15) is 4.31 Å². The van der Waals surface area contributed by atoms with Crippen molar-refractivity contribution in [3.63, 3.8) is 0 Å². The summed E-state index contributed by atoms with van der Waals surface area (Å²) in [5, 5.41) is 2.94. The summed E-state index contributed by atoms with van der Waals surface area (Å²) in [6, 6.07) is 5.46. The van der Waals surface area contributed by atoms with Crippen LogP contribution in [-0.2, 0) is 19.6 Å².